The van der Waals surface area contributed by atoms with Crippen molar-refractivity contribution in [3.05, 3.63) is 66.4 Å². The summed E-state index contributed by atoms with van der Waals surface area (Å²) in [5, 5.41) is 5.07. The lowest BCUT2D eigenvalue weighted by Crippen LogP contribution is -2.50. The summed E-state index contributed by atoms with van der Waals surface area (Å²) in [7, 11) is -3.70. The molecule has 1 aliphatic heterocycles. The number of sulfone groups is 1. The Morgan fingerprint density at radius 1 is 1.05 bits per heavy atom. The molecule has 3 aromatic rings. The van der Waals surface area contributed by atoms with Gasteiger partial charge in [0.25, 0.3) is 0 Å². The highest BCUT2D eigenvalue weighted by Gasteiger charge is 2.58. The Bertz CT molecular complexity index is 1420. The van der Waals surface area contributed by atoms with Crippen LogP contribution in [0.1, 0.15) is 32.4 Å². The molecule has 2 aromatic carbocycles. The fourth-order valence-electron chi connectivity index (χ4n) is 5.02. The van der Waals surface area contributed by atoms with Crippen molar-refractivity contribution in [3.8, 4) is 11.4 Å². The second-order valence-electron chi connectivity index (χ2n) is 10.0. The maximum atomic E-state index is 13.8. The SMILES string of the molecule is CC1COCC(C)N1c1cc(C2(S(=O)(=O)c3ccccc3)CC2)nc(-c2ccc(NC(=O)NCCF)cc2)n1. The molecule has 2 unspecified atom stereocenters. The van der Waals surface area contributed by atoms with Crippen molar-refractivity contribution in [2.24, 2.45) is 0 Å². The van der Waals surface area contributed by atoms with Crippen molar-refractivity contribution in [1.29, 1.82) is 0 Å². The smallest absolute Gasteiger partial charge is 0.319 e. The second-order valence-corrected chi connectivity index (χ2v) is 12.3. The number of benzene rings is 2. The molecule has 11 heteroatoms. The Morgan fingerprint density at radius 2 is 1.72 bits per heavy atom. The number of nitrogens with zero attached hydrogens (tertiary/aromatic N) is 3. The maximum absolute atomic E-state index is 13.8. The number of ether oxygens (including phenoxy) is 1. The molecule has 2 aliphatic rings. The minimum absolute atomic E-state index is 0.0413. The Hall–Kier alpha value is -3.57. The predicted molar refractivity (Wildman–Crippen MR) is 147 cm³/mol. The van der Waals surface area contributed by atoms with E-state index < -0.39 is 27.3 Å². The van der Waals surface area contributed by atoms with Crippen molar-refractivity contribution >= 4 is 27.4 Å². The van der Waals surface area contributed by atoms with Gasteiger partial charge in [-0.15, -0.1) is 0 Å². The summed E-state index contributed by atoms with van der Waals surface area (Å²) in [6, 6.07) is 16.8. The van der Waals surface area contributed by atoms with Crippen LogP contribution in [0.25, 0.3) is 11.4 Å². The predicted octanol–water partition coefficient (Wildman–Crippen LogP) is 4.31. The monoisotopic (exact) mass is 553 g/mol. The Kier molecular flexibility index (Phi) is 7.55. The van der Waals surface area contributed by atoms with Crippen LogP contribution < -0.4 is 15.5 Å². The fourth-order valence-corrected chi connectivity index (χ4v) is 7.01. The molecule has 5 rings (SSSR count). The first kappa shape index (κ1) is 27.0. The molecule has 2 fully saturated rings. The van der Waals surface area contributed by atoms with Crippen LogP contribution in [0.15, 0.2) is 65.6 Å². The minimum atomic E-state index is -3.70. The van der Waals surface area contributed by atoms with Crippen LogP contribution in [0.4, 0.5) is 20.7 Å². The van der Waals surface area contributed by atoms with Crippen LogP contribution in [0.3, 0.4) is 0 Å². The van der Waals surface area contributed by atoms with E-state index in [0.717, 1.165) is 0 Å². The van der Waals surface area contributed by atoms with Gasteiger partial charge in [0.2, 0.25) is 0 Å². The van der Waals surface area contributed by atoms with Crippen LogP contribution in [0, 0.1) is 0 Å². The van der Waals surface area contributed by atoms with Gasteiger partial charge >= 0.3 is 6.03 Å². The van der Waals surface area contributed by atoms with E-state index in [2.05, 4.69) is 29.4 Å². The number of alkyl halides is 1. The number of carbonyl (C=O) groups excluding carboxylic acids is 1. The molecular weight excluding hydrogens is 521 g/mol. The summed E-state index contributed by atoms with van der Waals surface area (Å²) >= 11 is 0. The summed E-state index contributed by atoms with van der Waals surface area (Å²) in [5.41, 5.74) is 1.67. The van der Waals surface area contributed by atoms with Crippen LogP contribution in [0.2, 0.25) is 0 Å². The molecule has 0 spiro atoms. The first-order chi connectivity index (χ1) is 18.7. The van der Waals surface area contributed by atoms with Gasteiger partial charge in [-0.2, -0.15) is 0 Å². The van der Waals surface area contributed by atoms with Crippen LogP contribution in [0.5, 0.6) is 0 Å². The van der Waals surface area contributed by atoms with E-state index >= 15 is 0 Å². The van der Waals surface area contributed by atoms with E-state index in [1.54, 1.807) is 54.6 Å². The van der Waals surface area contributed by atoms with Gasteiger partial charge in [0, 0.05) is 23.9 Å². The molecule has 9 nitrogen and oxygen atoms in total. The van der Waals surface area contributed by atoms with Gasteiger partial charge in [-0.05, 0) is 63.1 Å². The molecule has 2 amide bonds. The number of urea groups is 1. The number of nitrogens with one attached hydrogen (secondary N) is 2. The number of amides is 2. The zero-order valence-corrected chi connectivity index (χ0v) is 22.7. The van der Waals surface area contributed by atoms with E-state index in [1.165, 1.54) is 0 Å². The number of morpholine rings is 1. The first-order valence-corrected chi connectivity index (χ1v) is 14.5. The Balaban J connectivity index is 1.55. The number of hydrogen-bond donors (Lipinski definition) is 2. The normalized spacial score (nSPS) is 20.3. The van der Waals surface area contributed by atoms with E-state index in [0.29, 0.717) is 54.6 Å². The molecule has 39 heavy (non-hydrogen) atoms. The van der Waals surface area contributed by atoms with E-state index in [1.807, 2.05) is 6.07 Å². The molecule has 2 heterocycles. The van der Waals surface area contributed by atoms with Crippen molar-refractivity contribution in [1.82, 2.24) is 15.3 Å². The third-order valence-electron chi connectivity index (χ3n) is 7.16. The molecular formula is C28H32FN5O4S. The lowest BCUT2D eigenvalue weighted by atomic mass is 10.1. The summed E-state index contributed by atoms with van der Waals surface area (Å²) in [4.78, 5) is 24.0. The van der Waals surface area contributed by atoms with Crippen LogP contribution in [-0.4, -0.2) is 62.9 Å². The number of aromatic nitrogens is 2. The zero-order valence-electron chi connectivity index (χ0n) is 21.9. The van der Waals surface area contributed by atoms with Crippen molar-refractivity contribution in [3.63, 3.8) is 0 Å². The number of rotatable bonds is 8. The highest BCUT2D eigenvalue weighted by atomic mass is 32.2. The van der Waals surface area contributed by atoms with Gasteiger partial charge in [0.05, 0.1) is 35.9 Å². The molecule has 1 saturated heterocycles. The molecule has 1 aromatic heterocycles. The molecule has 0 radical (unpaired) electrons. The quantitative estimate of drug-likeness (QED) is 0.427. The van der Waals surface area contributed by atoms with E-state index in [4.69, 9.17) is 14.7 Å². The summed E-state index contributed by atoms with van der Waals surface area (Å²) in [6.45, 7) is 4.47. The third-order valence-corrected chi connectivity index (χ3v) is 9.70. The average Bonchev–Trinajstić information content (AvgIpc) is 3.76. The fraction of sp³-hybridized carbons (Fsp3) is 0.393. The summed E-state index contributed by atoms with van der Waals surface area (Å²) in [5.74, 6) is 1.05. The number of carbonyl (C=O) groups is 1. The number of hydrogen-bond acceptors (Lipinski definition) is 7. The van der Waals surface area contributed by atoms with Gasteiger partial charge < -0.3 is 20.3 Å². The lowest BCUT2D eigenvalue weighted by molar-refractivity contribution is 0.0752. The van der Waals surface area contributed by atoms with Gasteiger partial charge in [-0.25, -0.2) is 27.6 Å². The average molecular weight is 554 g/mol. The van der Waals surface area contributed by atoms with Gasteiger partial charge in [-0.1, -0.05) is 18.2 Å². The van der Waals surface area contributed by atoms with Gasteiger partial charge in [0.15, 0.2) is 15.7 Å². The number of halogens is 1. The van der Waals surface area contributed by atoms with Crippen molar-refractivity contribution in [2.45, 2.75) is 48.4 Å². The molecule has 1 saturated carbocycles. The summed E-state index contributed by atoms with van der Waals surface area (Å²) in [6.07, 6.45) is 0.955. The lowest BCUT2D eigenvalue weighted by Gasteiger charge is -2.40. The van der Waals surface area contributed by atoms with Gasteiger partial charge in [-0.3, -0.25) is 0 Å². The molecule has 2 N–H and O–H groups in total. The van der Waals surface area contributed by atoms with Crippen molar-refractivity contribution < 1.29 is 22.3 Å². The van der Waals surface area contributed by atoms with E-state index in [9.17, 15) is 17.6 Å². The topological polar surface area (TPSA) is 114 Å². The highest BCUT2D eigenvalue weighted by Crippen LogP contribution is 2.55. The first-order valence-electron chi connectivity index (χ1n) is 13.0. The highest BCUT2D eigenvalue weighted by molar-refractivity contribution is 7.92. The minimum Gasteiger partial charge on any atom is -0.377 e. The van der Waals surface area contributed by atoms with Crippen LogP contribution >= 0.6 is 0 Å². The Morgan fingerprint density at radius 3 is 2.33 bits per heavy atom. The maximum Gasteiger partial charge on any atom is 0.319 e. The third kappa shape index (κ3) is 5.33. The molecule has 0 bridgehead atoms. The summed E-state index contributed by atoms with van der Waals surface area (Å²) < 4.78 is 44.6. The largest absolute Gasteiger partial charge is 0.377 e. The van der Waals surface area contributed by atoms with Crippen LogP contribution in [-0.2, 0) is 19.3 Å². The van der Waals surface area contributed by atoms with Gasteiger partial charge in [0.1, 0.15) is 17.2 Å². The Labute approximate surface area is 227 Å². The zero-order chi connectivity index (χ0) is 27.6. The number of anilines is 2. The van der Waals surface area contributed by atoms with E-state index in [-0.39, 0.29) is 23.5 Å². The molecule has 1 aliphatic carbocycles. The standard InChI is InChI=1S/C28H32FN5O4S/c1-19-17-38-18-20(2)34(19)25-16-24(28(12-13-28)39(36,37)23-6-4-3-5-7-23)32-26(33-25)21-8-10-22(11-9-21)31-27(35)30-15-14-29/h3-11,16,19-20H,12-15,17-18H2,1-2H3,(H2,30,31,35). The second kappa shape index (κ2) is 10.9. The van der Waals surface area contributed by atoms with Crippen molar-refractivity contribution in [2.75, 3.05) is 36.6 Å². The molecule has 206 valence electrons. The molecule has 2 atom stereocenters.